The van der Waals surface area contributed by atoms with Crippen LogP contribution >= 0.6 is 11.8 Å². The number of carbonyl (C=O) groups is 1. The number of hydrogen-bond acceptors (Lipinski definition) is 4. The van der Waals surface area contributed by atoms with Crippen LogP contribution in [-0.2, 0) is 4.79 Å². The highest BCUT2D eigenvalue weighted by Gasteiger charge is 2.27. The number of amidine groups is 1. The Hall–Kier alpha value is -0.710. The first-order valence-corrected chi connectivity index (χ1v) is 5.65. The molecule has 14 heavy (non-hydrogen) atoms. The molecule has 0 spiro atoms. The van der Waals surface area contributed by atoms with E-state index in [9.17, 15) is 4.79 Å². The van der Waals surface area contributed by atoms with Crippen LogP contribution in [0.4, 0.5) is 0 Å². The third kappa shape index (κ3) is 2.90. The fourth-order valence-electron chi connectivity index (χ4n) is 0.963. The van der Waals surface area contributed by atoms with E-state index in [-0.39, 0.29) is 5.91 Å². The van der Waals surface area contributed by atoms with E-state index < -0.39 is 5.54 Å². The minimum absolute atomic E-state index is 0.362. The van der Waals surface area contributed by atoms with E-state index in [0.717, 1.165) is 17.5 Å². The molecule has 5 heteroatoms. The Bertz CT molecular complexity index is 263. The molecule has 1 aliphatic rings. The number of nitrogens with two attached hydrogens (primary N) is 1. The average molecular weight is 215 g/mol. The summed E-state index contributed by atoms with van der Waals surface area (Å²) in [7, 11) is 0. The van der Waals surface area contributed by atoms with Crippen LogP contribution in [0, 0.1) is 5.92 Å². The Labute approximate surface area is 88.7 Å². The van der Waals surface area contributed by atoms with Crippen LogP contribution in [0.3, 0.4) is 0 Å². The summed E-state index contributed by atoms with van der Waals surface area (Å²) >= 11 is 1.65. The summed E-state index contributed by atoms with van der Waals surface area (Å²) in [6.45, 7) is 6.50. The van der Waals surface area contributed by atoms with Gasteiger partial charge < -0.3 is 11.1 Å². The third-order valence-corrected chi connectivity index (χ3v) is 3.33. The van der Waals surface area contributed by atoms with E-state index in [4.69, 9.17) is 5.73 Å². The summed E-state index contributed by atoms with van der Waals surface area (Å²) in [6.07, 6.45) is 0. The molecule has 0 bridgehead atoms. The molecule has 0 aliphatic carbocycles. The molecule has 80 valence electrons. The van der Waals surface area contributed by atoms with E-state index in [1.165, 1.54) is 0 Å². The zero-order chi connectivity index (χ0) is 10.8. The van der Waals surface area contributed by atoms with Crippen molar-refractivity contribution in [2.45, 2.75) is 26.3 Å². The summed E-state index contributed by atoms with van der Waals surface area (Å²) in [5.41, 5.74) is 4.53. The molecule has 1 amide bonds. The normalized spacial score (nSPS) is 22.8. The van der Waals surface area contributed by atoms with Gasteiger partial charge in [0.1, 0.15) is 5.54 Å². The third-order valence-electron chi connectivity index (χ3n) is 2.09. The molecule has 3 N–H and O–H groups in total. The van der Waals surface area contributed by atoms with E-state index in [0.29, 0.717) is 5.92 Å². The Morgan fingerprint density at radius 1 is 1.71 bits per heavy atom. The quantitative estimate of drug-likeness (QED) is 0.708. The SMILES string of the molecule is CC1CN=C(NC(C)(C)C(N)=O)SC1. The summed E-state index contributed by atoms with van der Waals surface area (Å²) in [4.78, 5) is 15.4. The largest absolute Gasteiger partial charge is 0.368 e. The average Bonchev–Trinajstić information content (AvgIpc) is 2.08. The van der Waals surface area contributed by atoms with Crippen molar-refractivity contribution in [2.24, 2.45) is 16.6 Å². The molecule has 0 aromatic heterocycles. The highest BCUT2D eigenvalue weighted by atomic mass is 32.2. The standard InChI is InChI=1S/C9H17N3OS/c1-6-4-11-8(14-5-6)12-9(2,3)7(10)13/h6H,4-5H2,1-3H3,(H2,10,13)(H,11,12). The van der Waals surface area contributed by atoms with E-state index in [1.54, 1.807) is 25.6 Å². The van der Waals surface area contributed by atoms with Gasteiger partial charge in [0, 0.05) is 12.3 Å². The maximum atomic E-state index is 11.1. The number of rotatable bonds is 2. The van der Waals surface area contributed by atoms with Gasteiger partial charge in [0.15, 0.2) is 5.17 Å². The smallest absolute Gasteiger partial charge is 0.242 e. The second-order valence-electron chi connectivity index (χ2n) is 4.18. The molecule has 1 rings (SSSR count). The summed E-state index contributed by atoms with van der Waals surface area (Å²) in [5.74, 6) is 1.29. The van der Waals surface area contributed by atoms with Gasteiger partial charge in [-0.3, -0.25) is 9.79 Å². The number of carbonyl (C=O) groups excluding carboxylic acids is 1. The molecule has 0 fully saturated rings. The number of thioether (sulfide) groups is 1. The number of primary amides is 1. The second kappa shape index (κ2) is 4.21. The molecule has 0 radical (unpaired) electrons. The van der Waals surface area contributed by atoms with E-state index >= 15 is 0 Å². The molecular formula is C9H17N3OS. The van der Waals surface area contributed by atoms with Gasteiger partial charge in [-0.1, -0.05) is 18.7 Å². The highest BCUT2D eigenvalue weighted by molar-refractivity contribution is 8.13. The van der Waals surface area contributed by atoms with Gasteiger partial charge >= 0.3 is 0 Å². The Morgan fingerprint density at radius 3 is 2.79 bits per heavy atom. The minimum atomic E-state index is -0.716. The van der Waals surface area contributed by atoms with Gasteiger partial charge in [0.2, 0.25) is 5.91 Å². The molecule has 0 saturated heterocycles. The van der Waals surface area contributed by atoms with Crippen molar-refractivity contribution in [3.8, 4) is 0 Å². The van der Waals surface area contributed by atoms with Crippen molar-refractivity contribution < 1.29 is 4.79 Å². The molecule has 0 aromatic rings. The lowest BCUT2D eigenvalue weighted by Crippen LogP contribution is -2.52. The van der Waals surface area contributed by atoms with Crippen LogP contribution in [0.1, 0.15) is 20.8 Å². The van der Waals surface area contributed by atoms with Crippen molar-refractivity contribution in [2.75, 3.05) is 12.3 Å². The molecule has 1 atom stereocenters. The maximum Gasteiger partial charge on any atom is 0.242 e. The molecule has 0 aromatic carbocycles. The molecule has 1 unspecified atom stereocenters. The fourth-order valence-corrected chi connectivity index (χ4v) is 2.00. The Balaban J connectivity index is 2.57. The van der Waals surface area contributed by atoms with Crippen LogP contribution in [0.25, 0.3) is 0 Å². The topological polar surface area (TPSA) is 67.5 Å². The van der Waals surface area contributed by atoms with E-state index in [1.807, 2.05) is 0 Å². The number of amides is 1. The lowest BCUT2D eigenvalue weighted by molar-refractivity contribution is -0.122. The summed E-state index contributed by atoms with van der Waals surface area (Å²) in [5, 5.41) is 3.88. The number of nitrogens with zero attached hydrogens (tertiary/aromatic N) is 1. The summed E-state index contributed by atoms with van der Waals surface area (Å²) < 4.78 is 0. The van der Waals surface area contributed by atoms with E-state index in [2.05, 4.69) is 17.2 Å². The Kier molecular flexibility index (Phi) is 3.42. The van der Waals surface area contributed by atoms with Crippen molar-refractivity contribution in [1.29, 1.82) is 0 Å². The van der Waals surface area contributed by atoms with Crippen molar-refractivity contribution in [3.05, 3.63) is 0 Å². The monoisotopic (exact) mass is 215 g/mol. The highest BCUT2D eigenvalue weighted by Crippen LogP contribution is 2.17. The maximum absolute atomic E-state index is 11.1. The molecule has 1 heterocycles. The predicted molar refractivity (Wildman–Crippen MR) is 60.3 cm³/mol. The van der Waals surface area contributed by atoms with Crippen LogP contribution in [-0.4, -0.2) is 28.9 Å². The van der Waals surface area contributed by atoms with Gasteiger partial charge in [0.05, 0.1) is 0 Å². The first kappa shape index (κ1) is 11.4. The molecular weight excluding hydrogens is 198 g/mol. The van der Waals surface area contributed by atoms with Gasteiger partial charge in [-0.05, 0) is 19.8 Å². The van der Waals surface area contributed by atoms with Crippen LogP contribution < -0.4 is 11.1 Å². The zero-order valence-corrected chi connectivity index (χ0v) is 9.65. The number of hydrogen-bond donors (Lipinski definition) is 2. The first-order valence-electron chi connectivity index (χ1n) is 4.67. The Morgan fingerprint density at radius 2 is 2.36 bits per heavy atom. The molecule has 4 nitrogen and oxygen atoms in total. The summed E-state index contributed by atoms with van der Waals surface area (Å²) in [6, 6.07) is 0. The van der Waals surface area contributed by atoms with Crippen molar-refractivity contribution in [3.63, 3.8) is 0 Å². The van der Waals surface area contributed by atoms with Gasteiger partial charge in [-0.25, -0.2) is 0 Å². The second-order valence-corrected chi connectivity index (χ2v) is 5.18. The predicted octanol–water partition coefficient (Wildman–Crippen LogP) is 0.579. The zero-order valence-electron chi connectivity index (χ0n) is 8.83. The van der Waals surface area contributed by atoms with Crippen molar-refractivity contribution >= 4 is 22.8 Å². The fraction of sp³-hybridized carbons (Fsp3) is 0.778. The van der Waals surface area contributed by atoms with Crippen LogP contribution in [0.2, 0.25) is 0 Å². The minimum Gasteiger partial charge on any atom is -0.368 e. The molecule has 0 saturated carbocycles. The van der Waals surface area contributed by atoms with Gasteiger partial charge in [-0.15, -0.1) is 0 Å². The number of nitrogens with one attached hydrogen (secondary N) is 1. The van der Waals surface area contributed by atoms with Gasteiger partial charge in [-0.2, -0.15) is 0 Å². The van der Waals surface area contributed by atoms with Crippen LogP contribution in [0.5, 0.6) is 0 Å². The molecule has 1 aliphatic heterocycles. The lowest BCUT2D eigenvalue weighted by Gasteiger charge is -2.26. The van der Waals surface area contributed by atoms with Crippen LogP contribution in [0.15, 0.2) is 4.99 Å². The first-order chi connectivity index (χ1) is 6.42. The van der Waals surface area contributed by atoms with Gasteiger partial charge in [0.25, 0.3) is 0 Å². The lowest BCUT2D eigenvalue weighted by atomic mass is 10.1. The number of aliphatic imine (C=N–C) groups is 1. The van der Waals surface area contributed by atoms with Crippen molar-refractivity contribution in [1.82, 2.24) is 5.32 Å².